The topological polar surface area (TPSA) is 124 Å². The Morgan fingerprint density at radius 2 is 1.94 bits per heavy atom. The molecular weight excluding hydrogens is 230 g/mol. The molecule has 18 heavy (non-hydrogen) atoms. The van der Waals surface area contributed by atoms with E-state index in [1.165, 1.54) is 6.20 Å². The maximum atomic E-state index is 9.05. The van der Waals surface area contributed by atoms with Gasteiger partial charge in [-0.05, 0) is 18.2 Å². The second kappa shape index (κ2) is 4.51. The Morgan fingerprint density at radius 1 is 1.17 bits per heavy atom. The van der Waals surface area contributed by atoms with Gasteiger partial charge in [-0.2, -0.15) is 5.26 Å². The van der Waals surface area contributed by atoms with Crippen LogP contribution in [0.2, 0.25) is 0 Å². The van der Waals surface area contributed by atoms with Gasteiger partial charge >= 0.3 is 0 Å². The third kappa shape index (κ3) is 2.10. The number of nitrogens with zero attached hydrogens (tertiary/aromatic N) is 2. The van der Waals surface area contributed by atoms with Crippen molar-refractivity contribution in [3.05, 3.63) is 36.0 Å². The van der Waals surface area contributed by atoms with E-state index in [1.807, 2.05) is 6.07 Å². The van der Waals surface area contributed by atoms with Crippen LogP contribution in [0.5, 0.6) is 11.5 Å². The van der Waals surface area contributed by atoms with Crippen molar-refractivity contribution in [3.8, 4) is 17.6 Å². The third-order valence-electron chi connectivity index (χ3n) is 2.33. The number of pyridine rings is 1. The van der Waals surface area contributed by atoms with E-state index in [1.54, 1.807) is 24.3 Å². The lowest BCUT2D eigenvalue weighted by molar-refractivity contribution is 0.481. The van der Waals surface area contributed by atoms with E-state index >= 15 is 0 Å². The standard InChI is InChI=1S/C12H11N5O/c13-6-8-10(2-1-9(14)12(8)16)18-7-3-4-17-11(15)5-7/h1-5H,14,16H2,(H2,15,17). The fourth-order valence-electron chi connectivity index (χ4n) is 1.43. The molecule has 0 aliphatic rings. The predicted molar refractivity (Wildman–Crippen MR) is 68.7 cm³/mol. The number of nitriles is 1. The van der Waals surface area contributed by atoms with Gasteiger partial charge in [-0.15, -0.1) is 0 Å². The Labute approximate surface area is 104 Å². The Balaban J connectivity index is 2.42. The van der Waals surface area contributed by atoms with Gasteiger partial charge in [-0.1, -0.05) is 0 Å². The number of aromatic nitrogens is 1. The van der Waals surface area contributed by atoms with Gasteiger partial charge in [0, 0.05) is 12.3 Å². The summed E-state index contributed by atoms with van der Waals surface area (Å²) in [6.07, 6.45) is 1.51. The minimum Gasteiger partial charge on any atom is -0.456 e. The molecular formula is C12H11N5O. The van der Waals surface area contributed by atoms with Crippen molar-refractivity contribution in [1.29, 1.82) is 5.26 Å². The summed E-state index contributed by atoms with van der Waals surface area (Å²) < 4.78 is 5.54. The molecule has 2 rings (SSSR count). The highest BCUT2D eigenvalue weighted by Crippen LogP contribution is 2.32. The number of nitrogen functional groups attached to an aromatic ring is 3. The van der Waals surface area contributed by atoms with Crippen LogP contribution >= 0.6 is 0 Å². The molecule has 2 aromatic rings. The van der Waals surface area contributed by atoms with Gasteiger partial charge < -0.3 is 21.9 Å². The minimum absolute atomic E-state index is 0.199. The zero-order chi connectivity index (χ0) is 13.1. The molecule has 1 aromatic heterocycles. The third-order valence-corrected chi connectivity index (χ3v) is 2.33. The monoisotopic (exact) mass is 241 g/mol. The fourth-order valence-corrected chi connectivity index (χ4v) is 1.43. The van der Waals surface area contributed by atoms with Crippen molar-refractivity contribution in [2.24, 2.45) is 0 Å². The minimum atomic E-state index is 0.199. The van der Waals surface area contributed by atoms with Gasteiger partial charge in [0.2, 0.25) is 0 Å². The lowest BCUT2D eigenvalue weighted by atomic mass is 10.1. The van der Waals surface area contributed by atoms with Gasteiger partial charge in [0.25, 0.3) is 0 Å². The largest absolute Gasteiger partial charge is 0.456 e. The Bertz CT molecular complexity index is 633. The van der Waals surface area contributed by atoms with E-state index in [-0.39, 0.29) is 11.3 Å². The SMILES string of the molecule is N#Cc1c(Oc2ccnc(N)c2)ccc(N)c1N. The first kappa shape index (κ1) is 11.5. The van der Waals surface area contributed by atoms with Crippen molar-refractivity contribution in [2.45, 2.75) is 0 Å². The van der Waals surface area contributed by atoms with Crippen LogP contribution in [0.15, 0.2) is 30.5 Å². The number of anilines is 3. The molecule has 0 spiro atoms. The van der Waals surface area contributed by atoms with Crippen LogP contribution in [0.1, 0.15) is 5.56 Å². The molecule has 0 saturated carbocycles. The highest BCUT2D eigenvalue weighted by atomic mass is 16.5. The Hall–Kier alpha value is -2.94. The van der Waals surface area contributed by atoms with E-state index in [4.69, 9.17) is 27.2 Å². The second-order valence-corrected chi connectivity index (χ2v) is 3.57. The first-order valence-corrected chi connectivity index (χ1v) is 5.09. The molecule has 0 aliphatic carbocycles. The number of nitrogens with two attached hydrogens (primary N) is 3. The number of hydrogen-bond acceptors (Lipinski definition) is 6. The van der Waals surface area contributed by atoms with Crippen LogP contribution in [0, 0.1) is 11.3 Å². The zero-order valence-corrected chi connectivity index (χ0v) is 9.42. The molecule has 1 heterocycles. The Kier molecular flexibility index (Phi) is 2.89. The highest BCUT2D eigenvalue weighted by molar-refractivity contribution is 5.74. The molecule has 6 N–H and O–H groups in total. The molecule has 6 heteroatoms. The molecule has 90 valence electrons. The number of benzene rings is 1. The van der Waals surface area contributed by atoms with E-state index in [0.29, 0.717) is 23.0 Å². The summed E-state index contributed by atoms with van der Waals surface area (Å²) in [5, 5.41) is 9.05. The molecule has 0 amide bonds. The van der Waals surface area contributed by atoms with E-state index in [2.05, 4.69) is 4.98 Å². The molecule has 0 fully saturated rings. The average molecular weight is 241 g/mol. The second-order valence-electron chi connectivity index (χ2n) is 3.57. The van der Waals surface area contributed by atoms with E-state index < -0.39 is 0 Å². The van der Waals surface area contributed by atoms with Crippen molar-refractivity contribution >= 4 is 17.2 Å². The quantitative estimate of drug-likeness (QED) is 0.684. The first-order chi connectivity index (χ1) is 8.61. The molecule has 6 nitrogen and oxygen atoms in total. The molecule has 0 unspecified atom stereocenters. The van der Waals surface area contributed by atoms with E-state index in [9.17, 15) is 0 Å². The maximum Gasteiger partial charge on any atom is 0.147 e. The molecule has 1 aromatic carbocycles. The van der Waals surface area contributed by atoms with Crippen molar-refractivity contribution < 1.29 is 4.74 Å². The molecule has 0 bridgehead atoms. The summed E-state index contributed by atoms with van der Waals surface area (Å²) in [7, 11) is 0. The van der Waals surface area contributed by atoms with Gasteiger partial charge in [0.15, 0.2) is 0 Å². The van der Waals surface area contributed by atoms with Crippen LogP contribution in [-0.4, -0.2) is 4.98 Å². The van der Waals surface area contributed by atoms with Crippen molar-refractivity contribution in [3.63, 3.8) is 0 Å². The van der Waals surface area contributed by atoms with Gasteiger partial charge in [0.1, 0.15) is 28.9 Å². The summed E-state index contributed by atoms with van der Waals surface area (Å²) in [5.41, 5.74) is 17.6. The number of ether oxygens (including phenoxy) is 1. The smallest absolute Gasteiger partial charge is 0.147 e. The molecule has 0 atom stereocenters. The van der Waals surface area contributed by atoms with E-state index in [0.717, 1.165) is 0 Å². The fraction of sp³-hybridized carbons (Fsp3) is 0. The van der Waals surface area contributed by atoms with Crippen LogP contribution < -0.4 is 21.9 Å². The van der Waals surface area contributed by atoms with Gasteiger partial charge in [0.05, 0.1) is 11.4 Å². The number of hydrogen-bond donors (Lipinski definition) is 3. The van der Waals surface area contributed by atoms with Crippen LogP contribution in [0.25, 0.3) is 0 Å². The summed E-state index contributed by atoms with van der Waals surface area (Å²) in [4.78, 5) is 3.84. The zero-order valence-electron chi connectivity index (χ0n) is 9.42. The normalized spacial score (nSPS) is 9.72. The summed E-state index contributed by atoms with van der Waals surface area (Å²) in [6, 6.07) is 8.30. The predicted octanol–water partition coefficient (Wildman–Crippen LogP) is 1.49. The molecule has 0 aliphatic heterocycles. The molecule has 0 saturated heterocycles. The summed E-state index contributed by atoms with van der Waals surface area (Å²) >= 11 is 0. The van der Waals surface area contributed by atoms with Crippen LogP contribution in [0.4, 0.5) is 17.2 Å². The van der Waals surface area contributed by atoms with Gasteiger partial charge in [-0.25, -0.2) is 4.98 Å². The highest BCUT2D eigenvalue weighted by Gasteiger charge is 2.11. The van der Waals surface area contributed by atoms with Crippen molar-refractivity contribution in [2.75, 3.05) is 17.2 Å². The maximum absolute atomic E-state index is 9.05. The van der Waals surface area contributed by atoms with Crippen molar-refractivity contribution in [1.82, 2.24) is 4.98 Å². The summed E-state index contributed by atoms with van der Waals surface area (Å²) in [6.45, 7) is 0. The summed E-state index contributed by atoms with van der Waals surface area (Å²) in [5.74, 6) is 1.13. The Morgan fingerprint density at radius 3 is 2.61 bits per heavy atom. The lowest BCUT2D eigenvalue weighted by Gasteiger charge is -2.10. The van der Waals surface area contributed by atoms with Crippen LogP contribution in [-0.2, 0) is 0 Å². The molecule has 0 radical (unpaired) electrons. The van der Waals surface area contributed by atoms with Gasteiger partial charge in [-0.3, -0.25) is 0 Å². The van der Waals surface area contributed by atoms with Crippen LogP contribution in [0.3, 0.4) is 0 Å². The first-order valence-electron chi connectivity index (χ1n) is 5.09. The average Bonchev–Trinajstić information content (AvgIpc) is 2.34. The lowest BCUT2D eigenvalue weighted by Crippen LogP contribution is -2.00. The number of rotatable bonds is 2.